The molecule has 1 aliphatic heterocycles. The van der Waals surface area contributed by atoms with Gasteiger partial charge < -0.3 is 15.3 Å². The van der Waals surface area contributed by atoms with Crippen LogP contribution in [-0.2, 0) is 9.59 Å². The summed E-state index contributed by atoms with van der Waals surface area (Å²) >= 11 is 0. The predicted octanol–water partition coefficient (Wildman–Crippen LogP) is 1.10. The summed E-state index contributed by atoms with van der Waals surface area (Å²) in [6, 6.07) is 8.96. The first-order valence-corrected chi connectivity index (χ1v) is 6.44. The van der Waals surface area contributed by atoms with Crippen LogP contribution in [0.15, 0.2) is 30.3 Å². The van der Waals surface area contributed by atoms with E-state index in [1.165, 1.54) is 4.90 Å². The number of aliphatic carboxylic acids is 1. The lowest BCUT2D eigenvalue weighted by atomic mass is 10.0. The van der Waals surface area contributed by atoms with Gasteiger partial charge >= 0.3 is 5.97 Å². The van der Waals surface area contributed by atoms with Crippen LogP contribution in [0, 0.1) is 5.92 Å². The highest BCUT2D eigenvalue weighted by molar-refractivity contribution is 5.97. The fourth-order valence-corrected chi connectivity index (χ4v) is 2.31. The van der Waals surface area contributed by atoms with E-state index in [9.17, 15) is 9.59 Å². The Labute approximate surface area is 112 Å². The van der Waals surface area contributed by atoms with Crippen molar-refractivity contribution < 1.29 is 14.7 Å². The molecule has 19 heavy (non-hydrogen) atoms. The zero-order chi connectivity index (χ0) is 13.7. The van der Waals surface area contributed by atoms with Crippen molar-refractivity contribution in [2.75, 3.05) is 24.5 Å². The lowest BCUT2D eigenvalue weighted by Crippen LogP contribution is -2.36. The first kappa shape index (κ1) is 13.5. The van der Waals surface area contributed by atoms with Crippen LogP contribution in [-0.4, -0.2) is 36.6 Å². The number of carboxylic acids is 1. The predicted molar refractivity (Wildman–Crippen MR) is 72.0 cm³/mol. The number of rotatable bonds is 5. The van der Waals surface area contributed by atoms with Crippen LogP contribution in [0.5, 0.6) is 0 Å². The maximum absolute atomic E-state index is 12.3. The molecule has 0 spiro atoms. The largest absolute Gasteiger partial charge is 0.480 e. The van der Waals surface area contributed by atoms with E-state index in [0.29, 0.717) is 18.0 Å². The molecule has 2 rings (SSSR count). The number of carboxylic acid groups (broad SMARTS) is 1. The number of amides is 1. The van der Waals surface area contributed by atoms with Crippen molar-refractivity contribution in [3.05, 3.63) is 30.3 Å². The minimum absolute atomic E-state index is 0.123. The molecule has 1 atom stereocenters. The Kier molecular flexibility index (Phi) is 4.52. The van der Waals surface area contributed by atoms with E-state index in [-0.39, 0.29) is 12.5 Å². The van der Waals surface area contributed by atoms with Crippen LogP contribution >= 0.6 is 0 Å². The molecule has 0 bridgehead atoms. The maximum Gasteiger partial charge on any atom is 0.323 e. The molecule has 5 heteroatoms. The lowest BCUT2D eigenvalue weighted by molar-refractivity contribution is -0.136. The van der Waals surface area contributed by atoms with Crippen LogP contribution in [0.3, 0.4) is 0 Å². The Hall–Kier alpha value is -1.88. The maximum atomic E-state index is 12.3. The molecule has 1 saturated heterocycles. The van der Waals surface area contributed by atoms with Gasteiger partial charge in [0, 0.05) is 12.1 Å². The summed E-state index contributed by atoms with van der Waals surface area (Å²) in [4.78, 5) is 24.5. The van der Waals surface area contributed by atoms with Gasteiger partial charge in [0.2, 0.25) is 5.91 Å². The minimum Gasteiger partial charge on any atom is -0.480 e. The highest BCUT2D eigenvalue weighted by Crippen LogP contribution is 2.19. The molecule has 1 unspecified atom stereocenters. The van der Waals surface area contributed by atoms with Gasteiger partial charge in [-0.05, 0) is 37.6 Å². The number of hydrogen-bond acceptors (Lipinski definition) is 3. The molecule has 102 valence electrons. The molecule has 1 aromatic rings. The number of nitrogens with zero attached hydrogens (tertiary/aromatic N) is 1. The van der Waals surface area contributed by atoms with Gasteiger partial charge in [-0.15, -0.1) is 0 Å². The van der Waals surface area contributed by atoms with E-state index >= 15 is 0 Å². The average molecular weight is 262 g/mol. The Morgan fingerprint density at radius 2 is 2.05 bits per heavy atom. The topological polar surface area (TPSA) is 69.6 Å². The van der Waals surface area contributed by atoms with Crippen molar-refractivity contribution in [3.8, 4) is 0 Å². The molecule has 1 aromatic carbocycles. The van der Waals surface area contributed by atoms with E-state index in [0.717, 1.165) is 19.5 Å². The summed E-state index contributed by atoms with van der Waals surface area (Å²) in [7, 11) is 0. The number of benzene rings is 1. The number of hydrogen-bond donors (Lipinski definition) is 2. The Bertz CT molecular complexity index is 441. The third kappa shape index (κ3) is 3.79. The first-order chi connectivity index (χ1) is 9.16. The molecule has 1 fully saturated rings. The molecular formula is C14H18N2O3. The fourth-order valence-electron chi connectivity index (χ4n) is 2.31. The average Bonchev–Trinajstić information content (AvgIpc) is 2.89. The number of carbonyl (C=O) groups is 2. The van der Waals surface area contributed by atoms with Gasteiger partial charge in [-0.3, -0.25) is 9.59 Å². The van der Waals surface area contributed by atoms with Gasteiger partial charge in [-0.25, -0.2) is 0 Å². The Balaban J connectivity index is 2.08. The van der Waals surface area contributed by atoms with Crippen molar-refractivity contribution in [2.45, 2.75) is 12.8 Å². The minimum atomic E-state index is -0.998. The molecule has 1 amide bonds. The van der Waals surface area contributed by atoms with Gasteiger partial charge in [0.1, 0.15) is 6.54 Å². The van der Waals surface area contributed by atoms with Crippen LogP contribution in [0.1, 0.15) is 12.8 Å². The summed E-state index contributed by atoms with van der Waals surface area (Å²) in [5, 5.41) is 12.2. The molecule has 5 nitrogen and oxygen atoms in total. The second-order valence-corrected chi connectivity index (χ2v) is 4.77. The molecular weight excluding hydrogens is 244 g/mol. The van der Waals surface area contributed by atoms with Crippen LogP contribution in [0.4, 0.5) is 5.69 Å². The highest BCUT2D eigenvalue weighted by atomic mass is 16.4. The Morgan fingerprint density at radius 3 is 2.63 bits per heavy atom. The fraction of sp³-hybridized carbons (Fsp3) is 0.429. The molecule has 2 N–H and O–H groups in total. The smallest absolute Gasteiger partial charge is 0.323 e. The number of anilines is 1. The SMILES string of the molecule is O=C(O)CN(C(=O)CC1CCNC1)c1ccccc1. The summed E-state index contributed by atoms with van der Waals surface area (Å²) in [6.45, 7) is 1.48. The number of nitrogens with one attached hydrogen (secondary N) is 1. The van der Waals surface area contributed by atoms with Gasteiger partial charge in [-0.1, -0.05) is 18.2 Å². The van der Waals surface area contributed by atoms with Crippen molar-refractivity contribution >= 4 is 17.6 Å². The number of carbonyl (C=O) groups excluding carboxylic acids is 1. The second kappa shape index (κ2) is 6.33. The summed E-state index contributed by atoms with van der Waals surface area (Å²) in [6.07, 6.45) is 1.37. The molecule has 0 saturated carbocycles. The molecule has 0 aliphatic carbocycles. The second-order valence-electron chi connectivity index (χ2n) is 4.77. The highest BCUT2D eigenvalue weighted by Gasteiger charge is 2.24. The molecule has 0 radical (unpaired) electrons. The summed E-state index contributed by atoms with van der Waals surface area (Å²) in [5.41, 5.74) is 0.640. The Morgan fingerprint density at radius 1 is 1.32 bits per heavy atom. The zero-order valence-corrected chi connectivity index (χ0v) is 10.7. The van der Waals surface area contributed by atoms with E-state index in [4.69, 9.17) is 5.11 Å². The molecule has 0 aromatic heterocycles. The molecule has 1 heterocycles. The van der Waals surface area contributed by atoms with E-state index < -0.39 is 5.97 Å². The van der Waals surface area contributed by atoms with Crippen LogP contribution in [0.25, 0.3) is 0 Å². The first-order valence-electron chi connectivity index (χ1n) is 6.44. The lowest BCUT2D eigenvalue weighted by Gasteiger charge is -2.22. The third-order valence-electron chi connectivity index (χ3n) is 3.29. The van der Waals surface area contributed by atoms with Crippen molar-refractivity contribution in [1.29, 1.82) is 0 Å². The van der Waals surface area contributed by atoms with Gasteiger partial charge in [0.05, 0.1) is 0 Å². The van der Waals surface area contributed by atoms with E-state index in [1.807, 2.05) is 6.07 Å². The summed E-state index contributed by atoms with van der Waals surface area (Å²) in [5.74, 6) is -0.809. The van der Waals surface area contributed by atoms with Gasteiger partial charge in [0.15, 0.2) is 0 Å². The summed E-state index contributed by atoms with van der Waals surface area (Å²) < 4.78 is 0. The normalized spacial score (nSPS) is 18.2. The number of para-hydroxylation sites is 1. The van der Waals surface area contributed by atoms with Crippen LogP contribution in [0.2, 0.25) is 0 Å². The van der Waals surface area contributed by atoms with Crippen molar-refractivity contribution in [1.82, 2.24) is 5.32 Å². The molecule has 1 aliphatic rings. The van der Waals surface area contributed by atoms with Crippen molar-refractivity contribution in [3.63, 3.8) is 0 Å². The quantitative estimate of drug-likeness (QED) is 0.834. The van der Waals surface area contributed by atoms with Crippen LogP contribution < -0.4 is 10.2 Å². The van der Waals surface area contributed by atoms with Gasteiger partial charge in [0.25, 0.3) is 0 Å². The zero-order valence-electron chi connectivity index (χ0n) is 10.7. The third-order valence-corrected chi connectivity index (χ3v) is 3.29. The standard InChI is InChI=1S/C14H18N2O3/c17-13(8-11-6-7-15-9-11)16(10-14(18)19)12-4-2-1-3-5-12/h1-5,11,15H,6-10H2,(H,18,19). The van der Waals surface area contributed by atoms with Crippen molar-refractivity contribution in [2.24, 2.45) is 5.92 Å². The van der Waals surface area contributed by atoms with E-state index in [1.54, 1.807) is 24.3 Å². The van der Waals surface area contributed by atoms with E-state index in [2.05, 4.69) is 5.32 Å². The monoisotopic (exact) mass is 262 g/mol. The van der Waals surface area contributed by atoms with Gasteiger partial charge in [-0.2, -0.15) is 0 Å².